The first-order chi connectivity index (χ1) is 10.9. The van der Waals surface area contributed by atoms with Crippen molar-refractivity contribution in [2.24, 2.45) is 0 Å². The molecule has 0 N–H and O–H groups in total. The number of likely N-dealkylation sites (tertiary alicyclic amines) is 1. The molecule has 0 bridgehead atoms. The highest BCUT2D eigenvalue weighted by molar-refractivity contribution is 5.76. The fraction of sp³-hybridized carbons (Fsp3) is 0.333. The van der Waals surface area contributed by atoms with Crippen LogP contribution in [0.15, 0.2) is 48.8 Å². The molecule has 0 saturated carbocycles. The van der Waals surface area contributed by atoms with Crippen LogP contribution in [0.2, 0.25) is 0 Å². The van der Waals surface area contributed by atoms with Crippen LogP contribution in [0.25, 0.3) is 11.0 Å². The predicted octanol–water partition coefficient (Wildman–Crippen LogP) is 3.08. The van der Waals surface area contributed by atoms with E-state index in [2.05, 4.69) is 50.8 Å². The van der Waals surface area contributed by atoms with Gasteiger partial charge in [-0.25, -0.2) is 4.98 Å². The minimum Gasteiger partial charge on any atom is -0.322 e. The maximum absolute atomic E-state index is 4.88. The molecule has 0 unspecified atom stereocenters. The summed E-state index contributed by atoms with van der Waals surface area (Å²) in [6.07, 6.45) is 6.33. The number of rotatable bonds is 4. The van der Waals surface area contributed by atoms with Crippen molar-refractivity contribution in [2.45, 2.75) is 25.9 Å². The van der Waals surface area contributed by atoms with Crippen molar-refractivity contribution in [3.8, 4) is 0 Å². The number of aromatic nitrogens is 3. The molecule has 1 aliphatic heterocycles. The molecule has 0 atom stereocenters. The molecule has 1 fully saturated rings. The number of hydrogen-bond donors (Lipinski definition) is 0. The number of para-hydroxylation sites is 2. The van der Waals surface area contributed by atoms with Gasteiger partial charge >= 0.3 is 0 Å². The summed E-state index contributed by atoms with van der Waals surface area (Å²) in [5.41, 5.74) is 3.57. The first-order valence-corrected chi connectivity index (χ1v) is 7.95. The quantitative estimate of drug-likeness (QED) is 0.741. The summed E-state index contributed by atoms with van der Waals surface area (Å²) in [5.74, 6) is 1.17. The Morgan fingerprint density at radius 1 is 0.909 bits per heavy atom. The monoisotopic (exact) mass is 292 g/mol. The summed E-state index contributed by atoms with van der Waals surface area (Å²) in [4.78, 5) is 11.5. The van der Waals surface area contributed by atoms with E-state index in [9.17, 15) is 0 Å². The summed E-state index contributed by atoms with van der Waals surface area (Å²) >= 11 is 0. The second kappa shape index (κ2) is 5.89. The first-order valence-electron chi connectivity index (χ1n) is 7.95. The molecule has 3 heterocycles. The van der Waals surface area contributed by atoms with Gasteiger partial charge in [0, 0.05) is 18.9 Å². The van der Waals surface area contributed by atoms with Crippen molar-refractivity contribution in [3.05, 3.63) is 60.2 Å². The van der Waals surface area contributed by atoms with Gasteiger partial charge in [0.05, 0.1) is 17.6 Å². The van der Waals surface area contributed by atoms with Crippen molar-refractivity contribution in [1.82, 2.24) is 19.4 Å². The standard InChI is InChI=1S/C18H20N4/c1-2-6-17-16(5-1)20-18(14-21-11-3-4-12-21)22(17)13-15-7-9-19-10-8-15/h1-2,5-10H,3-4,11-14H2. The third-order valence-electron chi connectivity index (χ3n) is 4.39. The van der Waals surface area contributed by atoms with Crippen LogP contribution in [-0.4, -0.2) is 32.5 Å². The van der Waals surface area contributed by atoms with E-state index < -0.39 is 0 Å². The Hall–Kier alpha value is -2.20. The molecule has 0 spiro atoms. The van der Waals surface area contributed by atoms with Gasteiger partial charge in [0.15, 0.2) is 0 Å². The summed E-state index contributed by atoms with van der Waals surface area (Å²) in [7, 11) is 0. The smallest absolute Gasteiger partial charge is 0.124 e. The van der Waals surface area contributed by atoms with Crippen LogP contribution in [0.5, 0.6) is 0 Å². The predicted molar refractivity (Wildman–Crippen MR) is 87.6 cm³/mol. The van der Waals surface area contributed by atoms with E-state index in [0.29, 0.717) is 0 Å². The zero-order valence-corrected chi connectivity index (χ0v) is 12.7. The summed E-state index contributed by atoms with van der Waals surface area (Å²) in [6.45, 7) is 4.18. The van der Waals surface area contributed by atoms with Gasteiger partial charge in [0.25, 0.3) is 0 Å². The highest BCUT2D eigenvalue weighted by Gasteiger charge is 2.17. The minimum atomic E-state index is 0.853. The number of pyridine rings is 1. The number of fused-ring (bicyclic) bond motifs is 1. The van der Waals surface area contributed by atoms with E-state index in [1.165, 1.54) is 42.8 Å². The minimum absolute atomic E-state index is 0.853. The molecule has 1 aromatic carbocycles. The van der Waals surface area contributed by atoms with Crippen LogP contribution in [-0.2, 0) is 13.1 Å². The summed E-state index contributed by atoms with van der Waals surface area (Å²) in [5, 5.41) is 0. The Labute approximate surface area is 130 Å². The molecule has 0 amide bonds. The molecule has 1 saturated heterocycles. The molecule has 4 heteroatoms. The molecule has 22 heavy (non-hydrogen) atoms. The molecule has 1 aliphatic rings. The fourth-order valence-corrected chi connectivity index (χ4v) is 3.23. The number of nitrogens with zero attached hydrogens (tertiary/aromatic N) is 4. The molecule has 4 rings (SSSR count). The van der Waals surface area contributed by atoms with Crippen molar-refractivity contribution in [2.75, 3.05) is 13.1 Å². The second-order valence-electron chi connectivity index (χ2n) is 5.94. The lowest BCUT2D eigenvalue weighted by atomic mass is 10.2. The van der Waals surface area contributed by atoms with Gasteiger partial charge in [-0.05, 0) is 55.8 Å². The Balaban J connectivity index is 1.72. The van der Waals surface area contributed by atoms with E-state index in [1.54, 1.807) is 0 Å². The largest absolute Gasteiger partial charge is 0.322 e. The average Bonchev–Trinajstić information content (AvgIpc) is 3.18. The summed E-state index contributed by atoms with van der Waals surface area (Å²) in [6, 6.07) is 12.6. The van der Waals surface area contributed by atoms with Crippen molar-refractivity contribution < 1.29 is 0 Å². The van der Waals surface area contributed by atoms with Gasteiger partial charge in [-0.3, -0.25) is 9.88 Å². The van der Waals surface area contributed by atoms with E-state index in [1.807, 2.05) is 12.4 Å². The molecular formula is C18H20N4. The highest BCUT2D eigenvalue weighted by atomic mass is 15.2. The fourth-order valence-electron chi connectivity index (χ4n) is 3.23. The SMILES string of the molecule is c1ccc2c(c1)nc(CN1CCCC1)n2Cc1ccncc1. The Morgan fingerprint density at radius 2 is 1.68 bits per heavy atom. The van der Waals surface area contributed by atoms with Crippen LogP contribution < -0.4 is 0 Å². The van der Waals surface area contributed by atoms with Gasteiger partial charge < -0.3 is 4.57 Å². The van der Waals surface area contributed by atoms with Crippen LogP contribution in [0, 0.1) is 0 Å². The van der Waals surface area contributed by atoms with Gasteiger partial charge in [-0.1, -0.05) is 12.1 Å². The van der Waals surface area contributed by atoms with E-state index in [4.69, 9.17) is 4.98 Å². The summed E-state index contributed by atoms with van der Waals surface area (Å²) < 4.78 is 2.35. The lowest BCUT2D eigenvalue weighted by Crippen LogP contribution is -2.21. The third kappa shape index (κ3) is 2.62. The van der Waals surface area contributed by atoms with Crippen LogP contribution >= 0.6 is 0 Å². The Bertz CT molecular complexity index is 757. The van der Waals surface area contributed by atoms with Crippen molar-refractivity contribution in [1.29, 1.82) is 0 Å². The second-order valence-corrected chi connectivity index (χ2v) is 5.94. The highest BCUT2D eigenvalue weighted by Crippen LogP contribution is 2.20. The zero-order valence-electron chi connectivity index (χ0n) is 12.7. The van der Waals surface area contributed by atoms with E-state index in [-0.39, 0.29) is 0 Å². The van der Waals surface area contributed by atoms with Crippen molar-refractivity contribution in [3.63, 3.8) is 0 Å². The Kier molecular flexibility index (Phi) is 3.60. The molecular weight excluding hydrogens is 272 g/mol. The van der Waals surface area contributed by atoms with Crippen molar-refractivity contribution >= 4 is 11.0 Å². The number of benzene rings is 1. The maximum Gasteiger partial charge on any atom is 0.124 e. The number of hydrogen-bond acceptors (Lipinski definition) is 3. The van der Waals surface area contributed by atoms with Gasteiger partial charge in [0.2, 0.25) is 0 Å². The first kappa shape index (κ1) is 13.5. The van der Waals surface area contributed by atoms with Gasteiger partial charge in [-0.2, -0.15) is 0 Å². The number of imidazole rings is 1. The average molecular weight is 292 g/mol. The lowest BCUT2D eigenvalue weighted by molar-refractivity contribution is 0.318. The molecule has 112 valence electrons. The third-order valence-corrected chi connectivity index (χ3v) is 4.39. The Morgan fingerprint density at radius 3 is 2.50 bits per heavy atom. The topological polar surface area (TPSA) is 34.0 Å². The normalized spacial score (nSPS) is 15.6. The molecule has 0 aliphatic carbocycles. The van der Waals surface area contributed by atoms with Gasteiger partial charge in [-0.15, -0.1) is 0 Å². The molecule has 4 nitrogen and oxygen atoms in total. The van der Waals surface area contributed by atoms with Gasteiger partial charge in [0.1, 0.15) is 5.82 Å². The van der Waals surface area contributed by atoms with Crippen LogP contribution in [0.1, 0.15) is 24.2 Å². The zero-order chi connectivity index (χ0) is 14.8. The molecule has 2 aromatic heterocycles. The van der Waals surface area contributed by atoms with Crippen LogP contribution in [0.3, 0.4) is 0 Å². The molecule has 0 radical (unpaired) electrons. The van der Waals surface area contributed by atoms with Crippen LogP contribution in [0.4, 0.5) is 0 Å². The lowest BCUT2D eigenvalue weighted by Gasteiger charge is -2.16. The van der Waals surface area contributed by atoms with E-state index in [0.717, 1.165) is 18.6 Å². The molecule has 3 aromatic rings. The maximum atomic E-state index is 4.88. The van der Waals surface area contributed by atoms with E-state index >= 15 is 0 Å².